The van der Waals surface area contributed by atoms with Crippen LogP contribution < -0.4 is 19.8 Å². The van der Waals surface area contributed by atoms with Crippen molar-refractivity contribution in [3.05, 3.63) is 87.9 Å². The summed E-state index contributed by atoms with van der Waals surface area (Å²) in [6, 6.07) is 10.3. The first-order chi connectivity index (χ1) is 16.0. The minimum Gasteiger partial charge on any atom is -0.491 e. The first-order valence-corrected chi connectivity index (χ1v) is 10.6. The normalized spacial score (nSPS) is 13.2. The third-order valence-corrected chi connectivity index (χ3v) is 5.55. The SMILES string of the molecule is COc1cc(Oc2ccc3ncc(C)c(=O)n3c2)cnc1OCc1ccc(C2CC2)c(F)c1. The van der Waals surface area contributed by atoms with Gasteiger partial charge in [0, 0.05) is 17.8 Å². The summed E-state index contributed by atoms with van der Waals surface area (Å²) in [5, 5.41) is 0. The number of nitrogens with zero attached hydrogens (tertiary/aromatic N) is 3. The Morgan fingerprint density at radius 3 is 2.70 bits per heavy atom. The molecule has 0 amide bonds. The zero-order valence-corrected chi connectivity index (χ0v) is 18.2. The molecule has 1 saturated carbocycles. The lowest BCUT2D eigenvalue weighted by Crippen LogP contribution is -2.16. The molecule has 0 radical (unpaired) electrons. The highest BCUT2D eigenvalue weighted by Gasteiger charge is 2.26. The predicted octanol–water partition coefficient (Wildman–Crippen LogP) is 4.79. The molecule has 3 aromatic heterocycles. The van der Waals surface area contributed by atoms with E-state index in [1.165, 1.54) is 23.8 Å². The van der Waals surface area contributed by atoms with Crippen molar-refractivity contribution in [1.82, 2.24) is 14.4 Å². The summed E-state index contributed by atoms with van der Waals surface area (Å²) >= 11 is 0. The third-order valence-electron chi connectivity index (χ3n) is 5.55. The van der Waals surface area contributed by atoms with Crippen LogP contribution in [0.2, 0.25) is 0 Å². The van der Waals surface area contributed by atoms with E-state index in [-0.39, 0.29) is 23.9 Å². The van der Waals surface area contributed by atoms with Gasteiger partial charge in [0.05, 0.1) is 19.5 Å². The topological polar surface area (TPSA) is 75.0 Å². The van der Waals surface area contributed by atoms with Crippen molar-refractivity contribution in [3.63, 3.8) is 0 Å². The molecule has 8 heteroatoms. The Bertz CT molecular complexity index is 1400. The number of aromatic nitrogens is 3. The molecule has 4 aromatic rings. The number of rotatable bonds is 7. The molecule has 0 unspecified atom stereocenters. The molecule has 0 spiro atoms. The average Bonchev–Trinajstić information content (AvgIpc) is 3.66. The number of hydrogen-bond acceptors (Lipinski definition) is 6. The Morgan fingerprint density at radius 2 is 1.94 bits per heavy atom. The smallest absolute Gasteiger partial charge is 0.260 e. The predicted molar refractivity (Wildman–Crippen MR) is 120 cm³/mol. The van der Waals surface area contributed by atoms with Crippen LogP contribution in [0.25, 0.3) is 5.65 Å². The second-order valence-electron chi connectivity index (χ2n) is 8.04. The summed E-state index contributed by atoms with van der Waals surface area (Å²) in [4.78, 5) is 20.9. The van der Waals surface area contributed by atoms with Gasteiger partial charge in [-0.05, 0) is 55.0 Å². The molecule has 3 heterocycles. The molecule has 7 nitrogen and oxygen atoms in total. The van der Waals surface area contributed by atoms with E-state index < -0.39 is 0 Å². The zero-order chi connectivity index (χ0) is 22.9. The van der Waals surface area contributed by atoms with Gasteiger partial charge in [0.1, 0.15) is 29.6 Å². The minimum atomic E-state index is -0.192. The van der Waals surface area contributed by atoms with Gasteiger partial charge in [-0.3, -0.25) is 9.20 Å². The molecule has 1 aliphatic carbocycles. The second-order valence-corrected chi connectivity index (χ2v) is 8.04. The molecule has 33 heavy (non-hydrogen) atoms. The molecule has 0 bridgehead atoms. The van der Waals surface area contributed by atoms with Crippen LogP contribution in [0.1, 0.15) is 35.4 Å². The molecule has 1 fully saturated rings. The summed E-state index contributed by atoms with van der Waals surface area (Å²) in [7, 11) is 1.50. The molecule has 0 N–H and O–H groups in total. The van der Waals surface area contributed by atoms with Crippen LogP contribution in [0.15, 0.2) is 59.8 Å². The van der Waals surface area contributed by atoms with Gasteiger partial charge >= 0.3 is 0 Å². The van der Waals surface area contributed by atoms with Gasteiger partial charge in [0.15, 0.2) is 5.75 Å². The van der Waals surface area contributed by atoms with Gasteiger partial charge in [-0.1, -0.05) is 12.1 Å². The second kappa shape index (κ2) is 8.54. The minimum absolute atomic E-state index is 0.158. The fraction of sp³-hybridized carbons (Fsp3) is 0.240. The van der Waals surface area contributed by atoms with Crippen LogP contribution in [-0.4, -0.2) is 21.5 Å². The maximum absolute atomic E-state index is 14.3. The third kappa shape index (κ3) is 4.37. The van der Waals surface area contributed by atoms with E-state index in [1.807, 2.05) is 12.1 Å². The Balaban J connectivity index is 1.32. The van der Waals surface area contributed by atoms with Crippen molar-refractivity contribution in [1.29, 1.82) is 0 Å². The number of pyridine rings is 2. The molecule has 5 rings (SSSR count). The van der Waals surface area contributed by atoms with Gasteiger partial charge in [0.2, 0.25) is 0 Å². The molecule has 168 valence electrons. The van der Waals surface area contributed by atoms with E-state index in [4.69, 9.17) is 14.2 Å². The summed E-state index contributed by atoms with van der Waals surface area (Å²) in [5.41, 5.74) is 2.39. The molecule has 0 saturated heterocycles. The van der Waals surface area contributed by atoms with E-state index in [0.717, 1.165) is 18.4 Å². The highest BCUT2D eigenvalue weighted by Crippen LogP contribution is 2.41. The number of methoxy groups -OCH3 is 1. The van der Waals surface area contributed by atoms with Crippen LogP contribution in [0, 0.1) is 12.7 Å². The molecule has 0 atom stereocenters. The maximum atomic E-state index is 14.3. The molecule has 0 aliphatic heterocycles. The molecular weight excluding hydrogens is 425 g/mol. The van der Waals surface area contributed by atoms with Gasteiger partial charge in [-0.2, -0.15) is 0 Å². The van der Waals surface area contributed by atoms with E-state index in [0.29, 0.717) is 39.9 Å². The summed E-state index contributed by atoms with van der Waals surface area (Å²) in [5.74, 6) is 1.66. The summed E-state index contributed by atoms with van der Waals surface area (Å²) < 4.78 is 32.7. The van der Waals surface area contributed by atoms with Crippen molar-refractivity contribution < 1.29 is 18.6 Å². The monoisotopic (exact) mass is 447 g/mol. The van der Waals surface area contributed by atoms with E-state index in [2.05, 4.69) is 9.97 Å². The lowest BCUT2D eigenvalue weighted by atomic mass is 10.1. The van der Waals surface area contributed by atoms with E-state index in [9.17, 15) is 9.18 Å². The van der Waals surface area contributed by atoms with Crippen molar-refractivity contribution in [2.75, 3.05) is 7.11 Å². The van der Waals surface area contributed by atoms with Crippen molar-refractivity contribution in [2.24, 2.45) is 0 Å². The van der Waals surface area contributed by atoms with Crippen LogP contribution in [0.4, 0.5) is 4.39 Å². The van der Waals surface area contributed by atoms with Gasteiger partial charge in [-0.25, -0.2) is 14.4 Å². The zero-order valence-electron chi connectivity index (χ0n) is 18.2. The number of benzene rings is 1. The summed E-state index contributed by atoms with van der Waals surface area (Å²) in [6.45, 7) is 1.87. The largest absolute Gasteiger partial charge is 0.491 e. The van der Waals surface area contributed by atoms with Crippen LogP contribution >= 0.6 is 0 Å². The van der Waals surface area contributed by atoms with E-state index >= 15 is 0 Å². The number of halogens is 1. The summed E-state index contributed by atoms with van der Waals surface area (Å²) in [6.07, 6.45) is 6.72. The highest BCUT2D eigenvalue weighted by molar-refractivity contribution is 5.44. The lowest BCUT2D eigenvalue weighted by Gasteiger charge is -2.12. The fourth-order valence-electron chi connectivity index (χ4n) is 3.61. The molecule has 1 aromatic carbocycles. The Labute approximate surface area is 189 Å². The first kappa shape index (κ1) is 20.9. The highest BCUT2D eigenvalue weighted by atomic mass is 19.1. The molecular formula is C25H22FN3O4. The van der Waals surface area contributed by atoms with Gasteiger partial charge in [0.25, 0.3) is 11.4 Å². The van der Waals surface area contributed by atoms with E-state index in [1.54, 1.807) is 37.5 Å². The first-order valence-electron chi connectivity index (χ1n) is 10.6. The lowest BCUT2D eigenvalue weighted by molar-refractivity contribution is 0.270. The number of hydrogen-bond donors (Lipinski definition) is 0. The van der Waals surface area contributed by atoms with Crippen LogP contribution in [0.3, 0.4) is 0 Å². The van der Waals surface area contributed by atoms with Gasteiger partial charge in [-0.15, -0.1) is 0 Å². The fourth-order valence-corrected chi connectivity index (χ4v) is 3.61. The number of aryl methyl sites for hydroxylation is 1. The van der Waals surface area contributed by atoms with Gasteiger partial charge < -0.3 is 14.2 Å². The van der Waals surface area contributed by atoms with Crippen LogP contribution in [-0.2, 0) is 6.61 Å². The maximum Gasteiger partial charge on any atom is 0.260 e. The van der Waals surface area contributed by atoms with Crippen molar-refractivity contribution in [3.8, 4) is 23.1 Å². The number of ether oxygens (including phenoxy) is 3. The van der Waals surface area contributed by atoms with Crippen molar-refractivity contribution >= 4 is 5.65 Å². The Morgan fingerprint density at radius 1 is 1.09 bits per heavy atom. The quantitative estimate of drug-likeness (QED) is 0.405. The standard InChI is InChI=1S/C25H22FN3O4/c1-15-11-27-23-8-6-18(13-29(23)25(15)30)33-19-10-22(31-2)24(28-12-19)32-14-16-3-7-20(17-4-5-17)21(26)9-16/h3,6-13,17H,4-5,14H2,1-2H3. The van der Waals surface area contributed by atoms with Crippen LogP contribution in [0.5, 0.6) is 23.1 Å². The Hall–Kier alpha value is -3.94. The average molecular weight is 447 g/mol. The Kier molecular flexibility index (Phi) is 5.42. The number of fused-ring (bicyclic) bond motifs is 1. The molecule has 1 aliphatic rings. The van der Waals surface area contributed by atoms with Crippen molar-refractivity contribution in [2.45, 2.75) is 32.3 Å².